The molecule has 0 aliphatic carbocycles. The van der Waals surface area contributed by atoms with Crippen LogP contribution in [0.4, 0.5) is 4.39 Å². The van der Waals surface area contributed by atoms with Crippen LogP contribution >= 0.6 is 0 Å². The molecule has 1 aromatic rings. The van der Waals surface area contributed by atoms with Gasteiger partial charge in [0, 0.05) is 6.54 Å². The highest BCUT2D eigenvalue weighted by molar-refractivity contribution is 7.88. The van der Waals surface area contributed by atoms with E-state index in [2.05, 4.69) is 0 Å². The number of rotatable bonds is 7. The zero-order valence-electron chi connectivity index (χ0n) is 10.5. The van der Waals surface area contributed by atoms with Crippen LogP contribution in [0.5, 0.6) is 0 Å². The highest BCUT2D eigenvalue weighted by atomic mass is 32.2. The van der Waals surface area contributed by atoms with Crippen LogP contribution in [0.3, 0.4) is 0 Å². The van der Waals surface area contributed by atoms with Gasteiger partial charge in [0.1, 0.15) is 12.4 Å². The lowest BCUT2D eigenvalue weighted by molar-refractivity contribution is -0.137. The van der Waals surface area contributed by atoms with Crippen LogP contribution in [0.1, 0.15) is 18.9 Å². The lowest BCUT2D eigenvalue weighted by Gasteiger charge is -2.19. The summed E-state index contributed by atoms with van der Waals surface area (Å²) in [4.78, 5) is 10.7. The average molecular weight is 289 g/mol. The number of hydrogen-bond donors (Lipinski definition) is 1. The molecule has 0 heterocycles. The average Bonchev–Trinajstić information content (AvgIpc) is 2.31. The summed E-state index contributed by atoms with van der Waals surface area (Å²) in [5.74, 6) is -1.98. The summed E-state index contributed by atoms with van der Waals surface area (Å²) in [6, 6.07) is 5.09. The number of hydrogen-bond acceptors (Lipinski definition) is 3. The number of carboxylic acid groups (broad SMARTS) is 1. The van der Waals surface area contributed by atoms with Gasteiger partial charge in [-0.05, 0) is 24.1 Å². The molecule has 0 aromatic heterocycles. The third-order valence-electron chi connectivity index (χ3n) is 2.44. The summed E-state index contributed by atoms with van der Waals surface area (Å²) in [5.41, 5.74) is 0.424. The second-order valence-electron chi connectivity index (χ2n) is 4.11. The van der Waals surface area contributed by atoms with Gasteiger partial charge in [0.25, 0.3) is 0 Å². The Morgan fingerprint density at radius 1 is 1.32 bits per heavy atom. The largest absolute Gasteiger partial charge is 0.480 e. The fourth-order valence-corrected chi connectivity index (χ4v) is 3.16. The van der Waals surface area contributed by atoms with Gasteiger partial charge >= 0.3 is 5.97 Å². The van der Waals surface area contributed by atoms with Crippen LogP contribution in [0.25, 0.3) is 0 Å². The third kappa shape index (κ3) is 4.96. The highest BCUT2D eigenvalue weighted by Crippen LogP contribution is 2.12. The van der Waals surface area contributed by atoms with Gasteiger partial charge in [-0.15, -0.1) is 0 Å². The minimum Gasteiger partial charge on any atom is -0.480 e. The molecule has 0 aliphatic heterocycles. The Hall–Kier alpha value is -1.47. The molecule has 0 unspecified atom stereocenters. The molecule has 0 aliphatic rings. The number of benzene rings is 1. The Balaban J connectivity index is 2.87. The van der Waals surface area contributed by atoms with Gasteiger partial charge in [0.2, 0.25) is 10.0 Å². The minimum atomic E-state index is -3.72. The number of carboxylic acids is 1. The molecule has 0 atom stereocenters. The Morgan fingerprint density at radius 3 is 2.37 bits per heavy atom. The van der Waals surface area contributed by atoms with Gasteiger partial charge in [-0.1, -0.05) is 19.1 Å². The van der Waals surface area contributed by atoms with E-state index in [1.165, 1.54) is 24.3 Å². The quantitative estimate of drug-likeness (QED) is 0.824. The standard InChI is InChI=1S/C12H16FNO4S/c1-2-7-14(8-12(15)16)19(17,18)9-10-3-5-11(13)6-4-10/h3-6H,2,7-9H2,1H3,(H,15,16). The van der Waals surface area contributed by atoms with Crippen molar-refractivity contribution in [2.24, 2.45) is 0 Å². The van der Waals surface area contributed by atoms with E-state index in [1.807, 2.05) is 0 Å². The van der Waals surface area contributed by atoms with Gasteiger partial charge in [-0.25, -0.2) is 12.8 Å². The summed E-state index contributed by atoms with van der Waals surface area (Å²) in [5, 5.41) is 8.72. The lowest BCUT2D eigenvalue weighted by atomic mass is 10.2. The van der Waals surface area contributed by atoms with Gasteiger partial charge in [-0.3, -0.25) is 4.79 Å². The SMILES string of the molecule is CCCN(CC(=O)O)S(=O)(=O)Cc1ccc(F)cc1. The van der Waals surface area contributed by atoms with Crippen molar-refractivity contribution in [3.8, 4) is 0 Å². The van der Waals surface area contributed by atoms with E-state index in [9.17, 15) is 17.6 Å². The zero-order chi connectivity index (χ0) is 14.5. The van der Waals surface area contributed by atoms with E-state index in [1.54, 1.807) is 6.92 Å². The first kappa shape index (κ1) is 15.6. The molecule has 106 valence electrons. The minimum absolute atomic E-state index is 0.149. The topological polar surface area (TPSA) is 74.7 Å². The molecule has 19 heavy (non-hydrogen) atoms. The second kappa shape index (κ2) is 6.63. The Bertz CT molecular complexity index is 527. The van der Waals surface area contributed by atoms with E-state index in [4.69, 9.17) is 5.11 Å². The van der Waals surface area contributed by atoms with E-state index < -0.39 is 28.4 Å². The van der Waals surface area contributed by atoms with Crippen LogP contribution in [0.2, 0.25) is 0 Å². The van der Waals surface area contributed by atoms with Gasteiger partial charge < -0.3 is 5.11 Å². The van der Waals surface area contributed by atoms with Crippen molar-refractivity contribution in [3.63, 3.8) is 0 Å². The Kier molecular flexibility index (Phi) is 5.44. The van der Waals surface area contributed by atoms with Gasteiger partial charge in [-0.2, -0.15) is 4.31 Å². The van der Waals surface area contributed by atoms with E-state index >= 15 is 0 Å². The van der Waals surface area contributed by atoms with Crippen LogP contribution in [-0.2, 0) is 20.6 Å². The zero-order valence-corrected chi connectivity index (χ0v) is 11.4. The predicted molar refractivity (Wildman–Crippen MR) is 68.5 cm³/mol. The summed E-state index contributed by atoms with van der Waals surface area (Å²) >= 11 is 0. The monoisotopic (exact) mass is 289 g/mol. The van der Waals surface area contributed by atoms with Crippen LogP contribution in [0.15, 0.2) is 24.3 Å². The summed E-state index contributed by atoms with van der Waals surface area (Å²) < 4.78 is 37.8. The van der Waals surface area contributed by atoms with E-state index in [0.29, 0.717) is 12.0 Å². The molecule has 0 radical (unpaired) electrons. The normalized spacial score (nSPS) is 11.7. The molecular formula is C12H16FNO4S. The van der Waals surface area contributed by atoms with Crippen molar-refractivity contribution >= 4 is 16.0 Å². The fourth-order valence-electron chi connectivity index (χ4n) is 1.60. The molecule has 0 bridgehead atoms. The molecule has 1 N–H and O–H groups in total. The number of nitrogens with zero attached hydrogens (tertiary/aromatic N) is 1. The molecule has 7 heteroatoms. The fraction of sp³-hybridized carbons (Fsp3) is 0.417. The molecular weight excluding hydrogens is 273 g/mol. The predicted octanol–water partition coefficient (Wildman–Crippen LogP) is 1.45. The molecule has 1 aromatic carbocycles. The molecule has 5 nitrogen and oxygen atoms in total. The number of sulfonamides is 1. The lowest BCUT2D eigenvalue weighted by Crippen LogP contribution is -2.37. The van der Waals surface area contributed by atoms with Crippen molar-refractivity contribution in [3.05, 3.63) is 35.6 Å². The molecule has 0 fully saturated rings. The van der Waals surface area contributed by atoms with Crippen LogP contribution < -0.4 is 0 Å². The van der Waals surface area contributed by atoms with Crippen molar-refractivity contribution in [1.82, 2.24) is 4.31 Å². The smallest absolute Gasteiger partial charge is 0.318 e. The second-order valence-corrected chi connectivity index (χ2v) is 6.08. The number of halogens is 1. The van der Waals surface area contributed by atoms with Crippen LogP contribution in [0, 0.1) is 5.82 Å². The molecule has 0 spiro atoms. The molecule has 1 rings (SSSR count). The number of carbonyl (C=O) groups is 1. The molecule has 0 amide bonds. The maximum atomic E-state index is 12.7. The Morgan fingerprint density at radius 2 is 1.89 bits per heavy atom. The van der Waals surface area contributed by atoms with Gasteiger partial charge in [0.05, 0.1) is 5.75 Å². The maximum Gasteiger partial charge on any atom is 0.318 e. The first-order valence-corrected chi connectivity index (χ1v) is 7.40. The Labute approximate surface area is 111 Å². The first-order chi connectivity index (χ1) is 8.85. The molecule has 0 saturated heterocycles. The first-order valence-electron chi connectivity index (χ1n) is 5.79. The van der Waals surface area contributed by atoms with Crippen molar-refractivity contribution in [2.75, 3.05) is 13.1 Å². The maximum absolute atomic E-state index is 12.7. The third-order valence-corrected chi connectivity index (χ3v) is 4.24. The van der Waals surface area contributed by atoms with E-state index in [-0.39, 0.29) is 12.3 Å². The summed E-state index contributed by atoms with van der Waals surface area (Å²) in [7, 11) is -3.72. The van der Waals surface area contributed by atoms with Crippen molar-refractivity contribution < 1.29 is 22.7 Å². The summed E-state index contributed by atoms with van der Waals surface area (Å²) in [6.45, 7) is 1.36. The van der Waals surface area contributed by atoms with Crippen molar-refractivity contribution in [2.45, 2.75) is 19.1 Å². The van der Waals surface area contributed by atoms with Gasteiger partial charge in [0.15, 0.2) is 0 Å². The van der Waals surface area contributed by atoms with Crippen molar-refractivity contribution in [1.29, 1.82) is 0 Å². The number of aliphatic carboxylic acids is 1. The molecule has 0 saturated carbocycles. The van der Waals surface area contributed by atoms with E-state index in [0.717, 1.165) is 4.31 Å². The van der Waals surface area contributed by atoms with Crippen LogP contribution in [-0.4, -0.2) is 36.9 Å². The highest BCUT2D eigenvalue weighted by Gasteiger charge is 2.23. The summed E-state index contributed by atoms with van der Waals surface area (Å²) in [6.07, 6.45) is 0.524.